The third kappa shape index (κ3) is 4.72. The van der Waals surface area contributed by atoms with Crippen molar-refractivity contribution in [3.05, 3.63) is 48.3 Å². The van der Waals surface area contributed by atoms with Gasteiger partial charge in [-0.05, 0) is 37.1 Å². The van der Waals surface area contributed by atoms with Gasteiger partial charge in [0.05, 0.1) is 7.11 Å². The van der Waals surface area contributed by atoms with Gasteiger partial charge in [-0.25, -0.2) is 0 Å². The van der Waals surface area contributed by atoms with Gasteiger partial charge in [-0.2, -0.15) is 0 Å². The molecule has 0 saturated carbocycles. The van der Waals surface area contributed by atoms with Crippen LogP contribution in [0.4, 0.5) is 11.4 Å². The van der Waals surface area contributed by atoms with Crippen molar-refractivity contribution in [3.8, 4) is 5.75 Å². The first-order valence-electron chi connectivity index (χ1n) is 8.34. The van der Waals surface area contributed by atoms with Gasteiger partial charge in [-0.15, -0.1) is 0 Å². The molecule has 0 fully saturated rings. The van der Waals surface area contributed by atoms with Crippen molar-refractivity contribution in [3.63, 3.8) is 0 Å². The lowest BCUT2D eigenvalue weighted by Gasteiger charge is -2.21. The highest BCUT2D eigenvalue weighted by molar-refractivity contribution is 5.93. The van der Waals surface area contributed by atoms with E-state index in [1.165, 1.54) is 0 Å². The molecule has 0 spiro atoms. The average molecular weight is 327 g/mol. The summed E-state index contributed by atoms with van der Waals surface area (Å²) < 4.78 is 5.23. The molecule has 1 heterocycles. The summed E-state index contributed by atoms with van der Waals surface area (Å²) in [5.41, 5.74) is 2.19. The highest BCUT2D eigenvalue weighted by Gasteiger charge is 2.15. The van der Waals surface area contributed by atoms with Crippen molar-refractivity contribution in [2.75, 3.05) is 25.5 Å². The number of hydrogen-bond acceptors (Lipinski definition) is 4. The van der Waals surface area contributed by atoms with E-state index in [1.54, 1.807) is 19.4 Å². The Morgan fingerprint density at radius 2 is 1.83 bits per heavy atom. The van der Waals surface area contributed by atoms with E-state index >= 15 is 0 Å². The second kappa shape index (κ2) is 8.91. The minimum Gasteiger partial charge on any atom is -0.497 e. The maximum absolute atomic E-state index is 12.6. The Bertz CT molecular complexity index is 667. The summed E-state index contributed by atoms with van der Waals surface area (Å²) in [6, 6.07) is 11.3. The summed E-state index contributed by atoms with van der Waals surface area (Å²) in [5, 5.41) is 3.29. The zero-order chi connectivity index (χ0) is 17.4. The first kappa shape index (κ1) is 17.8. The molecule has 2 rings (SSSR count). The van der Waals surface area contributed by atoms with Crippen LogP contribution < -0.4 is 10.1 Å². The molecule has 0 unspecified atom stereocenters. The monoisotopic (exact) mass is 327 g/mol. The van der Waals surface area contributed by atoms with Crippen LogP contribution in [-0.4, -0.2) is 36.0 Å². The van der Waals surface area contributed by atoms with Crippen LogP contribution in [0.15, 0.2) is 42.6 Å². The lowest BCUT2D eigenvalue weighted by Crippen LogP contribution is -2.33. The highest BCUT2D eigenvalue weighted by Crippen LogP contribution is 2.21. The SMILES string of the molecule is CCCN(CCC)C(=O)c1cc(Nc2cccc(OC)c2)ccn1. The van der Waals surface area contributed by atoms with E-state index in [0.717, 1.165) is 43.1 Å². The van der Waals surface area contributed by atoms with Gasteiger partial charge in [0.2, 0.25) is 0 Å². The Labute approximate surface area is 143 Å². The number of nitrogens with zero attached hydrogens (tertiary/aromatic N) is 2. The molecule has 2 aromatic rings. The Morgan fingerprint density at radius 3 is 2.50 bits per heavy atom. The topological polar surface area (TPSA) is 54.5 Å². The number of carbonyl (C=O) groups is 1. The number of benzene rings is 1. The molecule has 0 saturated heterocycles. The van der Waals surface area contributed by atoms with E-state index in [9.17, 15) is 4.79 Å². The van der Waals surface area contributed by atoms with Gasteiger partial charge < -0.3 is 15.0 Å². The van der Waals surface area contributed by atoms with Crippen molar-refractivity contribution < 1.29 is 9.53 Å². The van der Waals surface area contributed by atoms with E-state index in [0.29, 0.717) is 5.69 Å². The Kier molecular flexibility index (Phi) is 6.61. The number of amides is 1. The fraction of sp³-hybridized carbons (Fsp3) is 0.368. The number of hydrogen-bond donors (Lipinski definition) is 1. The molecule has 0 aliphatic carbocycles. The molecule has 0 atom stereocenters. The van der Waals surface area contributed by atoms with Gasteiger partial charge in [0.15, 0.2) is 0 Å². The summed E-state index contributed by atoms with van der Waals surface area (Å²) in [6.45, 7) is 5.65. The Morgan fingerprint density at radius 1 is 1.12 bits per heavy atom. The summed E-state index contributed by atoms with van der Waals surface area (Å²) in [4.78, 5) is 18.7. The zero-order valence-corrected chi connectivity index (χ0v) is 14.6. The summed E-state index contributed by atoms with van der Waals surface area (Å²) in [6.07, 6.45) is 3.53. The van der Waals surface area contributed by atoms with Crippen molar-refractivity contribution in [2.24, 2.45) is 0 Å². The normalized spacial score (nSPS) is 10.3. The average Bonchev–Trinajstić information content (AvgIpc) is 2.61. The molecule has 1 N–H and O–H groups in total. The van der Waals surface area contributed by atoms with Crippen molar-refractivity contribution in [1.29, 1.82) is 0 Å². The van der Waals surface area contributed by atoms with Crippen LogP contribution in [0.1, 0.15) is 37.2 Å². The number of aromatic nitrogens is 1. The third-order valence-corrected chi connectivity index (χ3v) is 3.61. The smallest absolute Gasteiger partial charge is 0.272 e. The minimum atomic E-state index is -0.0204. The van der Waals surface area contributed by atoms with Gasteiger partial charge >= 0.3 is 0 Å². The molecular formula is C19H25N3O2. The molecule has 0 aliphatic rings. The highest BCUT2D eigenvalue weighted by atomic mass is 16.5. The standard InChI is InChI=1S/C19H25N3O2/c1-4-11-22(12-5-2)19(23)18-14-16(9-10-20-18)21-15-7-6-8-17(13-15)24-3/h6-10,13-14H,4-5,11-12H2,1-3H3,(H,20,21). The van der Waals surface area contributed by atoms with Gasteiger partial charge in [0.1, 0.15) is 11.4 Å². The fourth-order valence-corrected chi connectivity index (χ4v) is 2.51. The molecule has 5 nitrogen and oxygen atoms in total. The van der Waals surface area contributed by atoms with E-state index in [1.807, 2.05) is 35.2 Å². The third-order valence-electron chi connectivity index (χ3n) is 3.61. The Balaban J connectivity index is 2.16. The quantitative estimate of drug-likeness (QED) is 0.793. The molecule has 128 valence electrons. The molecule has 1 aromatic carbocycles. The van der Waals surface area contributed by atoms with Crippen LogP contribution in [-0.2, 0) is 0 Å². The van der Waals surface area contributed by atoms with Crippen LogP contribution >= 0.6 is 0 Å². The predicted molar refractivity (Wildman–Crippen MR) is 97.0 cm³/mol. The molecule has 0 radical (unpaired) electrons. The lowest BCUT2D eigenvalue weighted by atomic mass is 10.2. The number of carbonyl (C=O) groups excluding carboxylic acids is 1. The maximum atomic E-state index is 12.6. The Hall–Kier alpha value is -2.56. The van der Waals surface area contributed by atoms with Crippen LogP contribution in [0, 0.1) is 0 Å². The number of rotatable bonds is 8. The van der Waals surface area contributed by atoms with Crippen LogP contribution in [0.5, 0.6) is 5.75 Å². The van der Waals surface area contributed by atoms with E-state index in [-0.39, 0.29) is 5.91 Å². The van der Waals surface area contributed by atoms with Crippen molar-refractivity contribution in [1.82, 2.24) is 9.88 Å². The van der Waals surface area contributed by atoms with Crippen LogP contribution in [0.25, 0.3) is 0 Å². The fourth-order valence-electron chi connectivity index (χ4n) is 2.51. The van der Waals surface area contributed by atoms with Crippen LogP contribution in [0.3, 0.4) is 0 Å². The minimum absolute atomic E-state index is 0.0204. The van der Waals surface area contributed by atoms with Crippen molar-refractivity contribution >= 4 is 17.3 Å². The first-order valence-corrected chi connectivity index (χ1v) is 8.34. The van der Waals surface area contributed by atoms with Gasteiger partial charge in [0, 0.05) is 36.7 Å². The molecule has 5 heteroatoms. The van der Waals surface area contributed by atoms with E-state index in [4.69, 9.17) is 4.74 Å². The molecular weight excluding hydrogens is 302 g/mol. The molecule has 0 aliphatic heterocycles. The predicted octanol–water partition coefficient (Wildman–Crippen LogP) is 4.10. The summed E-state index contributed by atoms with van der Waals surface area (Å²) in [5.74, 6) is 0.760. The number of ether oxygens (including phenoxy) is 1. The molecule has 0 bridgehead atoms. The summed E-state index contributed by atoms with van der Waals surface area (Å²) >= 11 is 0. The van der Waals surface area contributed by atoms with E-state index in [2.05, 4.69) is 24.1 Å². The van der Waals surface area contributed by atoms with Crippen molar-refractivity contribution in [2.45, 2.75) is 26.7 Å². The lowest BCUT2D eigenvalue weighted by molar-refractivity contribution is 0.0749. The second-order valence-electron chi connectivity index (χ2n) is 5.58. The van der Waals surface area contributed by atoms with Gasteiger partial charge in [-0.1, -0.05) is 19.9 Å². The number of pyridine rings is 1. The van der Waals surface area contributed by atoms with Gasteiger partial charge in [0.25, 0.3) is 5.91 Å². The summed E-state index contributed by atoms with van der Waals surface area (Å²) in [7, 11) is 1.64. The first-order chi connectivity index (χ1) is 11.7. The zero-order valence-electron chi connectivity index (χ0n) is 14.6. The largest absolute Gasteiger partial charge is 0.497 e. The maximum Gasteiger partial charge on any atom is 0.272 e. The van der Waals surface area contributed by atoms with Crippen LogP contribution in [0.2, 0.25) is 0 Å². The van der Waals surface area contributed by atoms with Gasteiger partial charge in [-0.3, -0.25) is 9.78 Å². The molecule has 1 amide bonds. The number of anilines is 2. The number of nitrogens with one attached hydrogen (secondary N) is 1. The molecule has 1 aromatic heterocycles. The van der Waals surface area contributed by atoms with E-state index < -0.39 is 0 Å². The number of methoxy groups -OCH3 is 1. The second-order valence-corrected chi connectivity index (χ2v) is 5.58. The molecule has 24 heavy (non-hydrogen) atoms.